The topological polar surface area (TPSA) is 35.2 Å². The molecule has 0 unspecified atom stereocenters. The van der Waals surface area contributed by atoms with Gasteiger partial charge in [-0.05, 0) is 17.7 Å². The lowest BCUT2D eigenvalue weighted by Gasteiger charge is -2.25. The van der Waals surface area contributed by atoms with E-state index in [0.29, 0.717) is 11.8 Å². The normalized spacial score (nSPS) is 16.7. The van der Waals surface area contributed by atoms with Gasteiger partial charge in [0.1, 0.15) is 0 Å². The summed E-state index contributed by atoms with van der Waals surface area (Å²) in [5.41, 5.74) is 6.60. The third-order valence-electron chi connectivity index (χ3n) is 2.13. The van der Waals surface area contributed by atoms with Crippen molar-refractivity contribution in [1.82, 2.24) is 0 Å². The van der Waals surface area contributed by atoms with Crippen LogP contribution in [0.2, 0.25) is 5.02 Å². The molecular weight excluding hydrogens is 218 g/mol. The highest BCUT2D eigenvalue weighted by Gasteiger charge is 2.20. The molecule has 0 bridgehead atoms. The molecule has 1 aliphatic heterocycles. The third kappa shape index (κ3) is 2.23. The van der Waals surface area contributed by atoms with E-state index in [2.05, 4.69) is 0 Å². The van der Waals surface area contributed by atoms with Crippen molar-refractivity contribution in [1.29, 1.82) is 0 Å². The zero-order chi connectivity index (χ0) is 9.97. The SMILES string of the molecule is NCc1ccc(SC2COC2)c(Cl)c1. The van der Waals surface area contributed by atoms with Crippen LogP contribution in [-0.4, -0.2) is 18.5 Å². The fourth-order valence-corrected chi connectivity index (χ4v) is 2.57. The van der Waals surface area contributed by atoms with E-state index in [4.69, 9.17) is 22.1 Å². The predicted octanol–water partition coefficient (Wildman–Crippen LogP) is 2.29. The molecule has 1 heterocycles. The fourth-order valence-electron chi connectivity index (χ4n) is 1.23. The van der Waals surface area contributed by atoms with Gasteiger partial charge < -0.3 is 10.5 Å². The number of hydrogen-bond acceptors (Lipinski definition) is 3. The molecule has 0 atom stereocenters. The lowest BCUT2D eigenvalue weighted by Crippen LogP contribution is -2.30. The van der Waals surface area contributed by atoms with E-state index in [-0.39, 0.29) is 0 Å². The monoisotopic (exact) mass is 229 g/mol. The first kappa shape index (κ1) is 10.3. The quantitative estimate of drug-likeness (QED) is 0.864. The van der Waals surface area contributed by atoms with Gasteiger partial charge in [0.25, 0.3) is 0 Å². The molecule has 76 valence electrons. The number of nitrogens with two attached hydrogens (primary N) is 1. The molecule has 0 radical (unpaired) electrons. The Labute approximate surface area is 92.8 Å². The van der Waals surface area contributed by atoms with E-state index < -0.39 is 0 Å². The summed E-state index contributed by atoms with van der Waals surface area (Å²) in [4.78, 5) is 1.12. The van der Waals surface area contributed by atoms with Crippen LogP contribution in [0.4, 0.5) is 0 Å². The molecule has 2 rings (SSSR count). The maximum atomic E-state index is 6.12. The highest BCUT2D eigenvalue weighted by atomic mass is 35.5. The van der Waals surface area contributed by atoms with Crippen LogP contribution in [-0.2, 0) is 11.3 Å². The van der Waals surface area contributed by atoms with Crippen LogP contribution in [0.1, 0.15) is 5.56 Å². The minimum Gasteiger partial charge on any atom is -0.379 e. The zero-order valence-electron chi connectivity index (χ0n) is 7.70. The van der Waals surface area contributed by atoms with Crippen LogP contribution in [0.15, 0.2) is 23.1 Å². The van der Waals surface area contributed by atoms with E-state index in [1.807, 2.05) is 18.2 Å². The minimum atomic E-state index is 0.539. The Hall–Kier alpha value is -0.220. The highest BCUT2D eigenvalue weighted by Crippen LogP contribution is 2.33. The second-order valence-corrected chi connectivity index (χ2v) is 5.00. The molecule has 1 aromatic carbocycles. The summed E-state index contributed by atoms with van der Waals surface area (Å²) >= 11 is 7.89. The molecule has 1 fully saturated rings. The number of ether oxygens (including phenoxy) is 1. The van der Waals surface area contributed by atoms with Crippen LogP contribution in [0.3, 0.4) is 0 Å². The van der Waals surface area contributed by atoms with Gasteiger partial charge in [-0.25, -0.2) is 0 Å². The fraction of sp³-hybridized carbons (Fsp3) is 0.400. The van der Waals surface area contributed by atoms with E-state index >= 15 is 0 Å². The molecule has 0 saturated carbocycles. The molecule has 2 N–H and O–H groups in total. The first-order valence-corrected chi connectivity index (χ1v) is 5.78. The van der Waals surface area contributed by atoms with Gasteiger partial charge in [-0.1, -0.05) is 17.7 Å². The number of benzene rings is 1. The van der Waals surface area contributed by atoms with E-state index in [9.17, 15) is 0 Å². The summed E-state index contributed by atoms with van der Waals surface area (Å²) in [6.07, 6.45) is 0. The molecule has 14 heavy (non-hydrogen) atoms. The molecule has 0 amide bonds. The van der Waals surface area contributed by atoms with Crippen LogP contribution in [0.25, 0.3) is 0 Å². The summed E-state index contributed by atoms with van der Waals surface area (Å²) < 4.78 is 5.11. The van der Waals surface area contributed by atoms with Crippen LogP contribution in [0.5, 0.6) is 0 Å². The third-order valence-corrected chi connectivity index (χ3v) is 3.77. The summed E-state index contributed by atoms with van der Waals surface area (Å²) in [5.74, 6) is 0. The molecule has 0 aromatic heterocycles. The molecule has 4 heteroatoms. The summed E-state index contributed by atoms with van der Waals surface area (Å²) in [7, 11) is 0. The first-order valence-electron chi connectivity index (χ1n) is 4.52. The molecule has 1 aromatic rings. The van der Waals surface area contributed by atoms with Crippen molar-refractivity contribution in [3.63, 3.8) is 0 Å². The average Bonchev–Trinajstić information content (AvgIpc) is 2.13. The Kier molecular flexibility index (Phi) is 3.34. The Balaban J connectivity index is 2.09. The van der Waals surface area contributed by atoms with E-state index in [1.165, 1.54) is 0 Å². The lowest BCUT2D eigenvalue weighted by atomic mass is 10.2. The van der Waals surface area contributed by atoms with E-state index in [1.54, 1.807) is 11.8 Å². The maximum absolute atomic E-state index is 6.12. The van der Waals surface area contributed by atoms with Crippen LogP contribution in [0, 0.1) is 0 Å². The summed E-state index contributed by atoms with van der Waals surface area (Å²) in [5, 5.41) is 1.36. The Morgan fingerprint density at radius 2 is 2.29 bits per heavy atom. The number of thioether (sulfide) groups is 1. The summed E-state index contributed by atoms with van der Waals surface area (Å²) in [6.45, 7) is 2.20. The molecular formula is C10H12ClNOS. The largest absolute Gasteiger partial charge is 0.379 e. The van der Waals surface area contributed by atoms with Crippen LogP contribution < -0.4 is 5.73 Å². The zero-order valence-corrected chi connectivity index (χ0v) is 9.27. The van der Waals surface area contributed by atoms with Gasteiger partial charge in [-0.3, -0.25) is 0 Å². The molecule has 1 saturated heterocycles. The van der Waals surface area contributed by atoms with Gasteiger partial charge in [0.15, 0.2) is 0 Å². The average molecular weight is 230 g/mol. The Morgan fingerprint density at radius 1 is 1.50 bits per heavy atom. The Morgan fingerprint density at radius 3 is 2.79 bits per heavy atom. The van der Waals surface area contributed by atoms with Crippen molar-refractivity contribution in [3.8, 4) is 0 Å². The first-order chi connectivity index (χ1) is 6.79. The van der Waals surface area contributed by atoms with Crippen molar-refractivity contribution in [3.05, 3.63) is 28.8 Å². The predicted molar refractivity (Wildman–Crippen MR) is 59.8 cm³/mol. The lowest BCUT2D eigenvalue weighted by molar-refractivity contribution is 0.0455. The number of hydrogen-bond donors (Lipinski definition) is 1. The summed E-state index contributed by atoms with van der Waals surface area (Å²) in [6, 6.07) is 5.99. The molecule has 2 nitrogen and oxygen atoms in total. The van der Waals surface area contributed by atoms with Gasteiger partial charge in [-0.2, -0.15) is 0 Å². The maximum Gasteiger partial charge on any atom is 0.0611 e. The van der Waals surface area contributed by atoms with E-state index in [0.717, 1.165) is 28.7 Å². The molecule has 0 aliphatic carbocycles. The van der Waals surface area contributed by atoms with Gasteiger partial charge in [0, 0.05) is 11.4 Å². The van der Waals surface area contributed by atoms with Gasteiger partial charge in [0.05, 0.1) is 23.5 Å². The van der Waals surface area contributed by atoms with Crippen molar-refractivity contribution in [2.24, 2.45) is 5.73 Å². The highest BCUT2D eigenvalue weighted by molar-refractivity contribution is 8.00. The smallest absolute Gasteiger partial charge is 0.0611 e. The number of halogens is 1. The molecule has 0 spiro atoms. The van der Waals surface area contributed by atoms with Gasteiger partial charge >= 0.3 is 0 Å². The number of rotatable bonds is 3. The standard InChI is InChI=1S/C10H12ClNOS/c11-9-3-7(4-12)1-2-10(9)14-8-5-13-6-8/h1-3,8H,4-6,12H2. The second-order valence-electron chi connectivity index (χ2n) is 3.25. The second kappa shape index (κ2) is 4.53. The van der Waals surface area contributed by atoms with Crippen molar-refractivity contribution < 1.29 is 4.74 Å². The van der Waals surface area contributed by atoms with Gasteiger partial charge in [-0.15, -0.1) is 11.8 Å². The van der Waals surface area contributed by atoms with Crippen LogP contribution >= 0.6 is 23.4 Å². The minimum absolute atomic E-state index is 0.539. The Bertz CT molecular complexity index is 328. The van der Waals surface area contributed by atoms with Gasteiger partial charge in [0.2, 0.25) is 0 Å². The molecule has 1 aliphatic rings. The van der Waals surface area contributed by atoms with Crippen molar-refractivity contribution >= 4 is 23.4 Å². The van der Waals surface area contributed by atoms with Crippen molar-refractivity contribution in [2.45, 2.75) is 16.7 Å². The van der Waals surface area contributed by atoms with Crippen molar-refractivity contribution in [2.75, 3.05) is 13.2 Å².